The van der Waals surface area contributed by atoms with E-state index >= 15 is 0 Å². The predicted octanol–water partition coefficient (Wildman–Crippen LogP) is 5.44. The highest BCUT2D eigenvalue weighted by molar-refractivity contribution is 6.36. The number of allylic oxidation sites excluding steroid dienone is 1. The van der Waals surface area contributed by atoms with Gasteiger partial charge in [0.1, 0.15) is 28.9 Å². The summed E-state index contributed by atoms with van der Waals surface area (Å²) in [6.45, 7) is 0. The predicted molar refractivity (Wildman–Crippen MR) is 120 cm³/mol. The Bertz CT molecular complexity index is 1280. The van der Waals surface area contributed by atoms with Gasteiger partial charge >= 0.3 is 5.97 Å². The van der Waals surface area contributed by atoms with Crippen molar-refractivity contribution >= 4 is 29.2 Å². The summed E-state index contributed by atoms with van der Waals surface area (Å²) in [6, 6.07) is 18.9. The Labute approximate surface area is 194 Å². The van der Waals surface area contributed by atoms with Crippen molar-refractivity contribution in [3.63, 3.8) is 0 Å². The molecular formula is C24H16Cl2N2O4. The van der Waals surface area contributed by atoms with Crippen LogP contribution in [-0.2, 0) is 0 Å². The van der Waals surface area contributed by atoms with Crippen LogP contribution in [0.2, 0.25) is 10.0 Å². The number of ether oxygens (including phenoxy) is 3. The molecule has 1 aliphatic heterocycles. The molecule has 6 nitrogen and oxygen atoms in total. The van der Waals surface area contributed by atoms with E-state index in [-0.39, 0.29) is 22.2 Å². The van der Waals surface area contributed by atoms with Crippen LogP contribution in [0.1, 0.15) is 27.4 Å². The van der Waals surface area contributed by atoms with Crippen molar-refractivity contribution in [2.24, 2.45) is 5.73 Å². The fourth-order valence-electron chi connectivity index (χ4n) is 3.46. The molecule has 8 heteroatoms. The second-order valence-electron chi connectivity index (χ2n) is 6.91. The maximum absolute atomic E-state index is 12.5. The topological polar surface area (TPSA) is 94.6 Å². The van der Waals surface area contributed by atoms with Gasteiger partial charge in [-0.3, -0.25) is 0 Å². The van der Waals surface area contributed by atoms with Crippen LogP contribution in [0.15, 0.2) is 72.1 Å². The number of hydrogen-bond acceptors (Lipinski definition) is 6. The van der Waals surface area contributed by atoms with Gasteiger partial charge < -0.3 is 19.9 Å². The second kappa shape index (κ2) is 8.83. The van der Waals surface area contributed by atoms with Gasteiger partial charge in [-0.2, -0.15) is 5.26 Å². The number of nitrogens with two attached hydrogens (primary N) is 1. The first kappa shape index (κ1) is 21.6. The first-order chi connectivity index (χ1) is 15.4. The normalized spacial score (nSPS) is 14.8. The summed E-state index contributed by atoms with van der Waals surface area (Å²) in [5.41, 5.74) is 8.06. The number of hydrogen-bond donors (Lipinski definition) is 1. The molecule has 32 heavy (non-hydrogen) atoms. The molecule has 0 radical (unpaired) electrons. The van der Waals surface area contributed by atoms with Gasteiger partial charge in [-0.1, -0.05) is 41.4 Å². The fourth-order valence-corrected chi connectivity index (χ4v) is 3.94. The van der Waals surface area contributed by atoms with Crippen molar-refractivity contribution < 1.29 is 19.0 Å². The molecule has 3 aromatic carbocycles. The number of carbonyl (C=O) groups excluding carboxylic acids is 1. The molecule has 1 aliphatic rings. The van der Waals surface area contributed by atoms with E-state index in [1.807, 2.05) is 24.3 Å². The van der Waals surface area contributed by atoms with Crippen LogP contribution in [0.5, 0.6) is 17.2 Å². The van der Waals surface area contributed by atoms with Crippen molar-refractivity contribution in [3.05, 3.63) is 98.9 Å². The van der Waals surface area contributed by atoms with Gasteiger partial charge in [0.15, 0.2) is 0 Å². The zero-order valence-corrected chi connectivity index (χ0v) is 18.3. The summed E-state index contributed by atoms with van der Waals surface area (Å²) in [4.78, 5) is 12.5. The van der Waals surface area contributed by atoms with Crippen LogP contribution >= 0.6 is 23.2 Å². The summed E-state index contributed by atoms with van der Waals surface area (Å²) in [7, 11) is 1.58. The quantitative estimate of drug-likeness (QED) is 0.406. The molecule has 0 aromatic heterocycles. The molecule has 2 N–H and O–H groups in total. The minimum atomic E-state index is -0.643. The van der Waals surface area contributed by atoms with Crippen molar-refractivity contribution in [1.82, 2.24) is 0 Å². The van der Waals surface area contributed by atoms with E-state index in [0.29, 0.717) is 27.7 Å². The smallest absolute Gasteiger partial charge is 0.345 e. The lowest BCUT2D eigenvalue weighted by Gasteiger charge is -2.26. The van der Waals surface area contributed by atoms with Crippen molar-refractivity contribution in [1.29, 1.82) is 5.26 Å². The van der Waals surface area contributed by atoms with Crippen molar-refractivity contribution in [3.8, 4) is 23.3 Å². The summed E-state index contributed by atoms with van der Waals surface area (Å²) in [6.07, 6.45) is 0. The molecule has 0 unspecified atom stereocenters. The lowest BCUT2D eigenvalue weighted by molar-refractivity contribution is 0.0734. The molecule has 1 heterocycles. The van der Waals surface area contributed by atoms with Gasteiger partial charge in [0.05, 0.1) is 23.6 Å². The number of rotatable bonds is 4. The lowest BCUT2D eigenvalue weighted by Crippen LogP contribution is -2.21. The highest BCUT2D eigenvalue weighted by Gasteiger charge is 2.31. The zero-order valence-electron chi connectivity index (χ0n) is 16.8. The lowest BCUT2D eigenvalue weighted by atomic mass is 9.83. The number of halogens is 2. The van der Waals surface area contributed by atoms with Crippen LogP contribution in [0.4, 0.5) is 0 Å². The van der Waals surface area contributed by atoms with Crippen LogP contribution in [0.3, 0.4) is 0 Å². The molecule has 0 aliphatic carbocycles. The number of nitriles is 1. The van der Waals surface area contributed by atoms with E-state index in [1.165, 1.54) is 12.1 Å². The number of methoxy groups -OCH3 is 1. The van der Waals surface area contributed by atoms with E-state index in [9.17, 15) is 10.1 Å². The molecule has 160 valence electrons. The van der Waals surface area contributed by atoms with Crippen LogP contribution in [0, 0.1) is 11.3 Å². The Hall–Kier alpha value is -3.66. The van der Waals surface area contributed by atoms with E-state index in [1.54, 1.807) is 31.4 Å². The largest absolute Gasteiger partial charge is 0.497 e. The second-order valence-corrected chi connectivity index (χ2v) is 7.75. The molecule has 0 bridgehead atoms. The van der Waals surface area contributed by atoms with E-state index in [4.69, 9.17) is 43.1 Å². The van der Waals surface area contributed by atoms with E-state index < -0.39 is 11.9 Å². The minimum absolute atomic E-state index is 0.00922. The van der Waals surface area contributed by atoms with Crippen LogP contribution in [0.25, 0.3) is 0 Å². The Morgan fingerprint density at radius 1 is 1.06 bits per heavy atom. The van der Waals surface area contributed by atoms with Gasteiger partial charge in [-0.15, -0.1) is 0 Å². The molecular weight excluding hydrogens is 451 g/mol. The molecule has 0 fully saturated rings. The molecule has 0 saturated heterocycles. The molecule has 0 amide bonds. The monoisotopic (exact) mass is 466 g/mol. The van der Waals surface area contributed by atoms with Crippen molar-refractivity contribution in [2.45, 2.75) is 5.92 Å². The highest BCUT2D eigenvalue weighted by Crippen LogP contribution is 2.43. The fraction of sp³-hybridized carbons (Fsp3) is 0.0833. The van der Waals surface area contributed by atoms with Crippen LogP contribution < -0.4 is 19.9 Å². The first-order valence-electron chi connectivity index (χ1n) is 9.44. The average Bonchev–Trinajstić information content (AvgIpc) is 2.78. The Balaban J connectivity index is 1.68. The van der Waals surface area contributed by atoms with E-state index in [2.05, 4.69) is 6.07 Å². The Morgan fingerprint density at radius 2 is 1.78 bits per heavy atom. The first-order valence-corrected chi connectivity index (χ1v) is 10.2. The standard InChI is InChI=1S/C24H16Cl2N2O4/c1-30-15-5-2-13(3-6-15)22-18-9-7-16(11-21(18)32-23(28)19(22)12-27)31-24(29)17-8-4-14(25)10-20(17)26/h2-11,22H,28H2,1H3/t22-/m0/s1. The van der Waals surface area contributed by atoms with E-state index in [0.717, 1.165) is 5.56 Å². The number of fused-ring (bicyclic) bond motifs is 1. The summed E-state index contributed by atoms with van der Waals surface area (Å²) < 4.78 is 16.3. The molecule has 4 rings (SSSR count). The third kappa shape index (κ3) is 4.09. The summed E-state index contributed by atoms with van der Waals surface area (Å²) in [5, 5.41) is 10.3. The number of esters is 1. The number of carbonyl (C=O) groups is 1. The van der Waals surface area contributed by atoms with Gasteiger partial charge in [0.25, 0.3) is 0 Å². The number of nitrogens with zero attached hydrogens (tertiary/aromatic N) is 1. The van der Waals surface area contributed by atoms with Gasteiger partial charge in [-0.25, -0.2) is 4.79 Å². The molecule has 1 atom stereocenters. The zero-order chi connectivity index (χ0) is 22.8. The molecule has 3 aromatic rings. The average molecular weight is 467 g/mol. The molecule has 0 spiro atoms. The molecule has 0 saturated carbocycles. The van der Waals surface area contributed by atoms with Gasteiger partial charge in [0, 0.05) is 16.7 Å². The van der Waals surface area contributed by atoms with Crippen molar-refractivity contribution in [2.75, 3.05) is 7.11 Å². The third-order valence-corrected chi connectivity index (χ3v) is 5.55. The Morgan fingerprint density at radius 3 is 2.44 bits per heavy atom. The maximum atomic E-state index is 12.5. The summed E-state index contributed by atoms with van der Waals surface area (Å²) >= 11 is 12.0. The third-order valence-electron chi connectivity index (χ3n) is 5.00. The maximum Gasteiger partial charge on any atom is 0.345 e. The highest BCUT2D eigenvalue weighted by atomic mass is 35.5. The minimum Gasteiger partial charge on any atom is -0.497 e. The van der Waals surface area contributed by atoms with Gasteiger partial charge in [0.2, 0.25) is 5.88 Å². The van der Waals surface area contributed by atoms with Gasteiger partial charge in [-0.05, 0) is 42.0 Å². The Kier molecular flexibility index (Phi) is 5.95. The van der Waals surface area contributed by atoms with Crippen LogP contribution in [-0.4, -0.2) is 13.1 Å². The number of benzene rings is 3. The summed E-state index contributed by atoms with van der Waals surface area (Å²) in [5.74, 6) is 0.224. The SMILES string of the molecule is COc1ccc([C@@H]2C(C#N)=C(N)Oc3cc(OC(=O)c4ccc(Cl)cc4Cl)ccc32)cc1.